The van der Waals surface area contributed by atoms with Crippen LogP contribution in [0.3, 0.4) is 0 Å². The van der Waals surface area contributed by atoms with Crippen molar-refractivity contribution in [2.45, 2.75) is 12.8 Å². The lowest BCUT2D eigenvalue weighted by Crippen LogP contribution is -2.50. The number of hydrogen-bond donors (Lipinski definition) is 1. The number of amides is 2. The van der Waals surface area contributed by atoms with Crippen molar-refractivity contribution in [3.63, 3.8) is 0 Å². The van der Waals surface area contributed by atoms with Gasteiger partial charge < -0.3 is 20.0 Å². The third kappa shape index (κ3) is 4.04. The van der Waals surface area contributed by atoms with Crippen LogP contribution >= 0.6 is 0 Å². The van der Waals surface area contributed by atoms with E-state index in [4.69, 9.17) is 5.26 Å². The van der Waals surface area contributed by atoms with E-state index in [1.807, 2.05) is 41.3 Å². The molecule has 2 aromatic rings. The molecule has 0 saturated carbocycles. The molecule has 2 saturated heterocycles. The predicted octanol–water partition coefficient (Wildman–Crippen LogP) is 3.51. The normalized spacial score (nSPS) is 16.8. The summed E-state index contributed by atoms with van der Waals surface area (Å²) in [6, 6.07) is 17.9. The van der Waals surface area contributed by atoms with E-state index in [9.17, 15) is 4.79 Å². The number of carbonyl (C=O) groups excluding carboxylic acids is 1. The first-order valence-corrected chi connectivity index (χ1v) is 9.89. The van der Waals surface area contributed by atoms with Crippen molar-refractivity contribution in [3.8, 4) is 6.07 Å². The number of piperazine rings is 1. The van der Waals surface area contributed by atoms with Gasteiger partial charge in [-0.05, 0) is 55.3 Å². The molecule has 2 fully saturated rings. The summed E-state index contributed by atoms with van der Waals surface area (Å²) in [5.41, 5.74) is 3.76. The zero-order chi connectivity index (χ0) is 19.3. The monoisotopic (exact) mass is 375 g/mol. The summed E-state index contributed by atoms with van der Waals surface area (Å²) in [6.45, 7) is 5.08. The van der Waals surface area contributed by atoms with Gasteiger partial charge in [0.25, 0.3) is 0 Å². The second-order valence-corrected chi connectivity index (χ2v) is 7.31. The fourth-order valence-electron chi connectivity index (χ4n) is 3.87. The molecular formula is C22H25N5O. The van der Waals surface area contributed by atoms with Crippen molar-refractivity contribution in [3.05, 3.63) is 54.1 Å². The minimum Gasteiger partial charge on any atom is -0.372 e. The maximum absolute atomic E-state index is 12.6. The van der Waals surface area contributed by atoms with Crippen LogP contribution in [0.25, 0.3) is 0 Å². The van der Waals surface area contributed by atoms with E-state index in [1.165, 1.54) is 18.5 Å². The number of nitrogens with zero attached hydrogens (tertiary/aromatic N) is 4. The SMILES string of the molecule is N#Cc1cccc(N2CCN(C(=O)Nc3ccc(N4CCCC4)cc3)CC2)c1. The Kier molecular flexibility index (Phi) is 5.34. The fraction of sp³-hybridized carbons (Fsp3) is 0.364. The fourth-order valence-corrected chi connectivity index (χ4v) is 3.87. The van der Waals surface area contributed by atoms with Crippen LogP contribution in [0.5, 0.6) is 0 Å². The highest BCUT2D eigenvalue weighted by Crippen LogP contribution is 2.23. The van der Waals surface area contributed by atoms with Crippen LogP contribution in [0, 0.1) is 11.3 Å². The molecule has 0 spiro atoms. The van der Waals surface area contributed by atoms with Crippen LogP contribution in [0.4, 0.5) is 21.9 Å². The smallest absolute Gasteiger partial charge is 0.321 e. The number of urea groups is 1. The van der Waals surface area contributed by atoms with Crippen molar-refractivity contribution in [1.82, 2.24) is 4.90 Å². The van der Waals surface area contributed by atoms with Crippen molar-refractivity contribution in [2.75, 3.05) is 54.4 Å². The molecule has 2 amide bonds. The Bertz CT molecular complexity index is 859. The van der Waals surface area contributed by atoms with Crippen LogP contribution in [-0.2, 0) is 0 Å². The molecule has 0 bridgehead atoms. The third-order valence-corrected chi connectivity index (χ3v) is 5.50. The molecular weight excluding hydrogens is 350 g/mol. The number of nitrogens with one attached hydrogen (secondary N) is 1. The van der Waals surface area contributed by atoms with E-state index in [2.05, 4.69) is 33.3 Å². The molecule has 144 valence electrons. The van der Waals surface area contributed by atoms with Crippen molar-refractivity contribution in [1.29, 1.82) is 5.26 Å². The summed E-state index contributed by atoms with van der Waals surface area (Å²) in [7, 11) is 0. The molecule has 0 aliphatic carbocycles. The second-order valence-electron chi connectivity index (χ2n) is 7.31. The van der Waals surface area contributed by atoms with Crippen LogP contribution < -0.4 is 15.1 Å². The van der Waals surface area contributed by atoms with Gasteiger partial charge in [0.15, 0.2) is 0 Å². The second kappa shape index (κ2) is 8.22. The highest BCUT2D eigenvalue weighted by molar-refractivity contribution is 5.89. The molecule has 2 aliphatic rings. The number of nitriles is 1. The molecule has 0 aromatic heterocycles. The van der Waals surface area contributed by atoms with Gasteiger partial charge in [-0.2, -0.15) is 5.26 Å². The standard InChI is InChI=1S/C22H25N5O/c23-17-18-4-3-5-21(16-18)26-12-14-27(15-13-26)22(28)24-19-6-8-20(9-7-19)25-10-1-2-11-25/h3-9,16H,1-2,10-15H2,(H,24,28). The summed E-state index contributed by atoms with van der Waals surface area (Å²) in [5.74, 6) is 0. The number of benzene rings is 2. The maximum Gasteiger partial charge on any atom is 0.321 e. The lowest BCUT2D eigenvalue weighted by atomic mass is 10.2. The molecule has 2 aliphatic heterocycles. The van der Waals surface area contributed by atoms with Gasteiger partial charge in [-0.25, -0.2) is 4.79 Å². The summed E-state index contributed by atoms with van der Waals surface area (Å²) in [5, 5.41) is 12.1. The lowest BCUT2D eigenvalue weighted by molar-refractivity contribution is 0.208. The van der Waals surface area contributed by atoms with Gasteiger partial charge >= 0.3 is 6.03 Å². The van der Waals surface area contributed by atoms with Crippen molar-refractivity contribution >= 4 is 23.1 Å². The Morgan fingerprint density at radius 3 is 2.21 bits per heavy atom. The molecule has 28 heavy (non-hydrogen) atoms. The average molecular weight is 375 g/mol. The van der Waals surface area contributed by atoms with E-state index in [0.29, 0.717) is 18.7 Å². The van der Waals surface area contributed by atoms with Crippen LogP contribution in [-0.4, -0.2) is 50.2 Å². The first-order valence-electron chi connectivity index (χ1n) is 9.89. The molecule has 6 nitrogen and oxygen atoms in total. The molecule has 0 atom stereocenters. The Morgan fingerprint density at radius 2 is 1.54 bits per heavy atom. The van der Waals surface area contributed by atoms with Gasteiger partial charge in [-0.1, -0.05) is 6.07 Å². The third-order valence-electron chi connectivity index (χ3n) is 5.50. The summed E-state index contributed by atoms with van der Waals surface area (Å²) >= 11 is 0. The Balaban J connectivity index is 1.31. The quantitative estimate of drug-likeness (QED) is 0.892. The zero-order valence-electron chi connectivity index (χ0n) is 16.0. The molecule has 0 radical (unpaired) electrons. The first kappa shape index (κ1) is 18.2. The highest BCUT2D eigenvalue weighted by atomic mass is 16.2. The van der Waals surface area contributed by atoms with Crippen LogP contribution in [0.2, 0.25) is 0 Å². The van der Waals surface area contributed by atoms with Gasteiger partial charge in [0.2, 0.25) is 0 Å². The van der Waals surface area contributed by atoms with E-state index in [1.54, 1.807) is 0 Å². The number of hydrogen-bond acceptors (Lipinski definition) is 4. The van der Waals surface area contributed by atoms with E-state index in [-0.39, 0.29) is 6.03 Å². The molecule has 2 aromatic carbocycles. The topological polar surface area (TPSA) is 62.6 Å². The zero-order valence-corrected chi connectivity index (χ0v) is 16.0. The molecule has 2 heterocycles. The number of rotatable bonds is 3. The van der Waals surface area contributed by atoms with Gasteiger partial charge in [0.05, 0.1) is 11.6 Å². The molecule has 0 unspecified atom stereocenters. The van der Waals surface area contributed by atoms with E-state index >= 15 is 0 Å². The summed E-state index contributed by atoms with van der Waals surface area (Å²) < 4.78 is 0. The summed E-state index contributed by atoms with van der Waals surface area (Å²) in [6.07, 6.45) is 2.51. The minimum absolute atomic E-state index is 0.0562. The van der Waals surface area contributed by atoms with Gasteiger partial charge in [0.1, 0.15) is 0 Å². The average Bonchev–Trinajstić information content (AvgIpc) is 3.29. The van der Waals surface area contributed by atoms with Gasteiger partial charge in [0, 0.05) is 56.3 Å². The predicted molar refractivity (Wildman–Crippen MR) is 112 cm³/mol. The van der Waals surface area contributed by atoms with E-state index in [0.717, 1.165) is 37.6 Å². The maximum atomic E-state index is 12.6. The van der Waals surface area contributed by atoms with E-state index < -0.39 is 0 Å². The number of anilines is 3. The van der Waals surface area contributed by atoms with Gasteiger partial charge in [-0.3, -0.25) is 0 Å². The molecule has 6 heteroatoms. The highest BCUT2D eigenvalue weighted by Gasteiger charge is 2.21. The summed E-state index contributed by atoms with van der Waals surface area (Å²) in [4.78, 5) is 19.0. The Morgan fingerprint density at radius 1 is 0.857 bits per heavy atom. The van der Waals surface area contributed by atoms with Gasteiger partial charge in [-0.15, -0.1) is 0 Å². The molecule has 4 rings (SSSR count). The van der Waals surface area contributed by atoms with Crippen LogP contribution in [0.15, 0.2) is 48.5 Å². The number of carbonyl (C=O) groups is 1. The van der Waals surface area contributed by atoms with Crippen molar-refractivity contribution in [2.24, 2.45) is 0 Å². The molecule has 1 N–H and O–H groups in total. The Labute approximate surface area is 166 Å². The minimum atomic E-state index is -0.0562. The van der Waals surface area contributed by atoms with Crippen molar-refractivity contribution < 1.29 is 4.79 Å². The largest absolute Gasteiger partial charge is 0.372 e. The van der Waals surface area contributed by atoms with Crippen LogP contribution in [0.1, 0.15) is 18.4 Å². The lowest BCUT2D eigenvalue weighted by Gasteiger charge is -2.36. The first-order chi connectivity index (χ1) is 13.7. The Hall–Kier alpha value is -3.20.